The van der Waals surface area contributed by atoms with Crippen LogP contribution in [0.15, 0.2) is 89.9 Å². The van der Waals surface area contributed by atoms with Gasteiger partial charge in [0.05, 0.1) is 0 Å². The molecule has 4 aromatic rings. The van der Waals surface area contributed by atoms with Crippen molar-refractivity contribution in [1.29, 1.82) is 0 Å². The van der Waals surface area contributed by atoms with Crippen LogP contribution in [0.5, 0.6) is 0 Å². The lowest BCUT2D eigenvalue weighted by Crippen LogP contribution is -2.09. The van der Waals surface area contributed by atoms with Crippen LogP contribution in [0.2, 0.25) is 0 Å². The molecule has 0 unspecified atom stereocenters. The summed E-state index contributed by atoms with van der Waals surface area (Å²) in [4.78, 5) is 8.48. The zero-order valence-corrected chi connectivity index (χ0v) is 13.1. The Labute approximate surface area is 140 Å². The number of hydrogen-bond donors (Lipinski definition) is 1. The van der Waals surface area contributed by atoms with Crippen molar-refractivity contribution in [2.24, 2.45) is 4.99 Å². The molecular formula is C22H16N2. The van der Waals surface area contributed by atoms with Crippen LogP contribution in [-0.4, -0.2) is 4.98 Å². The molecule has 1 N–H and O–H groups in total. The summed E-state index contributed by atoms with van der Waals surface area (Å²) in [5, 5.41) is 1.20. The van der Waals surface area contributed by atoms with Gasteiger partial charge in [0.1, 0.15) is 11.5 Å². The Morgan fingerprint density at radius 3 is 2.00 bits per heavy atom. The monoisotopic (exact) mass is 308 g/mol. The van der Waals surface area contributed by atoms with Gasteiger partial charge in [-0.2, -0.15) is 0 Å². The van der Waals surface area contributed by atoms with E-state index in [0.717, 1.165) is 11.0 Å². The first kappa shape index (κ1) is 13.3. The van der Waals surface area contributed by atoms with Gasteiger partial charge < -0.3 is 4.98 Å². The van der Waals surface area contributed by atoms with E-state index in [9.17, 15) is 0 Å². The predicted molar refractivity (Wildman–Crippen MR) is 97.6 cm³/mol. The Balaban J connectivity index is 1.73. The molecule has 0 amide bonds. The lowest BCUT2D eigenvalue weighted by atomic mass is 10.1. The third-order valence-corrected chi connectivity index (χ3v) is 4.71. The highest BCUT2D eigenvalue weighted by molar-refractivity contribution is 5.79. The maximum atomic E-state index is 5.04. The van der Waals surface area contributed by atoms with Crippen molar-refractivity contribution in [3.8, 4) is 11.1 Å². The smallest absolute Gasteiger partial charge is 0.126 e. The van der Waals surface area contributed by atoms with E-state index in [1.54, 1.807) is 0 Å². The van der Waals surface area contributed by atoms with E-state index in [1.807, 2.05) is 6.07 Å². The number of nitrogens with zero attached hydrogens (tertiary/aromatic N) is 1. The summed E-state index contributed by atoms with van der Waals surface area (Å²) in [7, 11) is 0. The fourth-order valence-electron chi connectivity index (χ4n) is 3.59. The van der Waals surface area contributed by atoms with E-state index in [4.69, 9.17) is 4.99 Å². The Bertz CT molecular complexity index is 1080. The number of aromatic nitrogens is 1. The van der Waals surface area contributed by atoms with Crippen LogP contribution in [0.1, 0.15) is 17.2 Å². The first-order valence-corrected chi connectivity index (χ1v) is 8.20. The van der Waals surface area contributed by atoms with Crippen molar-refractivity contribution in [2.45, 2.75) is 6.04 Å². The van der Waals surface area contributed by atoms with Gasteiger partial charge in [0.15, 0.2) is 0 Å². The molecule has 2 heteroatoms. The van der Waals surface area contributed by atoms with Gasteiger partial charge in [-0.25, -0.2) is 0 Å². The van der Waals surface area contributed by atoms with Crippen molar-refractivity contribution in [2.75, 3.05) is 0 Å². The molecule has 0 atom stereocenters. The topological polar surface area (TPSA) is 28.1 Å². The summed E-state index contributed by atoms with van der Waals surface area (Å²) in [6.45, 7) is 0. The van der Waals surface area contributed by atoms with Crippen molar-refractivity contribution < 1.29 is 0 Å². The molecule has 5 rings (SSSR count). The molecule has 0 fully saturated rings. The number of nitrogens with one attached hydrogen (secondary N) is 1. The minimum atomic E-state index is 0.0508. The number of rotatable bonds is 1. The SMILES string of the molecule is c1ccc2c(c1)-c1ccccc1C2N=c1ccc2ccccc2[nH]1. The minimum absolute atomic E-state index is 0.0508. The van der Waals surface area contributed by atoms with Crippen molar-refractivity contribution in [3.63, 3.8) is 0 Å². The highest BCUT2D eigenvalue weighted by atomic mass is 14.9. The van der Waals surface area contributed by atoms with Crippen LogP contribution in [0.3, 0.4) is 0 Å². The van der Waals surface area contributed by atoms with Gasteiger partial charge in [-0.1, -0.05) is 66.7 Å². The number of aromatic amines is 1. The summed E-state index contributed by atoms with van der Waals surface area (Å²) >= 11 is 0. The molecule has 0 aliphatic heterocycles. The Hall–Kier alpha value is -3.13. The highest BCUT2D eigenvalue weighted by Crippen LogP contribution is 2.44. The molecule has 0 bridgehead atoms. The van der Waals surface area contributed by atoms with Gasteiger partial charge in [0, 0.05) is 5.52 Å². The largest absolute Gasteiger partial charge is 0.340 e. The number of hydrogen-bond acceptors (Lipinski definition) is 1. The van der Waals surface area contributed by atoms with E-state index >= 15 is 0 Å². The fourth-order valence-corrected chi connectivity index (χ4v) is 3.59. The van der Waals surface area contributed by atoms with E-state index in [2.05, 4.69) is 83.8 Å². The molecule has 1 aromatic heterocycles. The van der Waals surface area contributed by atoms with Crippen LogP contribution in [0, 0.1) is 0 Å². The standard InChI is InChI=1S/C22H16N2/c1-6-12-20-15(7-1)13-14-21(23-20)24-22-18-10-4-2-8-16(18)17-9-3-5-11-19(17)22/h1-14,22H,(H,23,24). The molecule has 1 aliphatic rings. The molecule has 1 aliphatic carbocycles. The summed E-state index contributed by atoms with van der Waals surface area (Å²) in [5.74, 6) is 0. The summed E-state index contributed by atoms with van der Waals surface area (Å²) in [6.07, 6.45) is 0. The number of pyridine rings is 1. The first-order valence-electron chi connectivity index (χ1n) is 8.20. The second kappa shape index (κ2) is 5.20. The first-order chi connectivity index (χ1) is 11.9. The normalized spacial score (nSPS) is 13.9. The number of H-pyrrole nitrogens is 1. The second-order valence-electron chi connectivity index (χ2n) is 6.14. The molecule has 2 nitrogen and oxygen atoms in total. The van der Waals surface area contributed by atoms with E-state index in [1.165, 1.54) is 27.6 Å². The van der Waals surface area contributed by atoms with Crippen LogP contribution < -0.4 is 5.49 Å². The fraction of sp³-hybridized carbons (Fsp3) is 0.0455. The third-order valence-electron chi connectivity index (χ3n) is 4.71. The van der Waals surface area contributed by atoms with Crippen LogP contribution in [0.4, 0.5) is 0 Å². The molecule has 24 heavy (non-hydrogen) atoms. The zero-order chi connectivity index (χ0) is 15.9. The molecule has 0 saturated heterocycles. The lowest BCUT2D eigenvalue weighted by Gasteiger charge is -2.08. The Morgan fingerprint density at radius 2 is 1.25 bits per heavy atom. The third kappa shape index (κ3) is 2.00. The molecule has 1 heterocycles. The predicted octanol–water partition coefficient (Wildman–Crippen LogP) is 4.84. The summed E-state index contributed by atoms with van der Waals surface area (Å²) in [5.41, 5.74) is 7.16. The molecule has 3 aromatic carbocycles. The van der Waals surface area contributed by atoms with Gasteiger partial charge in [-0.3, -0.25) is 4.99 Å². The summed E-state index contributed by atoms with van der Waals surface area (Å²) in [6, 6.07) is 29.7. The number of benzene rings is 3. The van der Waals surface area contributed by atoms with E-state index in [-0.39, 0.29) is 6.04 Å². The molecular weight excluding hydrogens is 292 g/mol. The van der Waals surface area contributed by atoms with Crippen molar-refractivity contribution >= 4 is 10.9 Å². The zero-order valence-electron chi connectivity index (χ0n) is 13.1. The maximum Gasteiger partial charge on any atom is 0.126 e. The number of para-hydroxylation sites is 1. The minimum Gasteiger partial charge on any atom is -0.340 e. The van der Waals surface area contributed by atoms with Gasteiger partial charge in [0.2, 0.25) is 0 Å². The van der Waals surface area contributed by atoms with Gasteiger partial charge in [-0.15, -0.1) is 0 Å². The van der Waals surface area contributed by atoms with E-state index < -0.39 is 0 Å². The van der Waals surface area contributed by atoms with Crippen molar-refractivity contribution in [1.82, 2.24) is 4.98 Å². The van der Waals surface area contributed by atoms with Crippen molar-refractivity contribution in [3.05, 3.63) is 102 Å². The quantitative estimate of drug-likeness (QED) is 0.521. The second-order valence-corrected chi connectivity index (χ2v) is 6.14. The van der Waals surface area contributed by atoms with Gasteiger partial charge in [-0.05, 0) is 45.8 Å². The van der Waals surface area contributed by atoms with Gasteiger partial charge >= 0.3 is 0 Å². The van der Waals surface area contributed by atoms with Crippen LogP contribution in [0.25, 0.3) is 22.0 Å². The Morgan fingerprint density at radius 1 is 0.625 bits per heavy atom. The van der Waals surface area contributed by atoms with Gasteiger partial charge in [0.25, 0.3) is 0 Å². The Kier molecular flexibility index (Phi) is 2.89. The van der Waals surface area contributed by atoms with Crippen LogP contribution >= 0.6 is 0 Å². The van der Waals surface area contributed by atoms with E-state index in [0.29, 0.717) is 0 Å². The average Bonchev–Trinajstić information content (AvgIpc) is 2.96. The average molecular weight is 308 g/mol. The number of fused-ring (bicyclic) bond motifs is 4. The highest BCUT2D eigenvalue weighted by Gasteiger charge is 2.27. The summed E-state index contributed by atoms with van der Waals surface area (Å²) < 4.78 is 0. The van der Waals surface area contributed by atoms with Crippen LogP contribution in [-0.2, 0) is 0 Å². The lowest BCUT2D eigenvalue weighted by molar-refractivity contribution is 0.847. The molecule has 0 radical (unpaired) electrons. The molecule has 0 spiro atoms. The molecule has 114 valence electrons. The maximum absolute atomic E-state index is 5.04. The molecule has 0 saturated carbocycles.